The maximum Gasteiger partial charge on any atom is 0.357 e. The predicted molar refractivity (Wildman–Crippen MR) is 59.1 cm³/mol. The number of imidazole rings is 1. The van der Waals surface area contributed by atoms with E-state index in [1.807, 2.05) is 11.5 Å². The van der Waals surface area contributed by atoms with Crippen LogP contribution < -0.4 is 0 Å². The van der Waals surface area contributed by atoms with Gasteiger partial charge in [-0.1, -0.05) is 11.6 Å². The van der Waals surface area contributed by atoms with Crippen LogP contribution in [0.5, 0.6) is 0 Å². The van der Waals surface area contributed by atoms with E-state index in [0.717, 1.165) is 25.1 Å². The Balaban J connectivity index is 0.00000112. The Bertz CT molecular complexity index is 390. The summed E-state index contributed by atoms with van der Waals surface area (Å²) in [6.45, 7) is 2.03. The van der Waals surface area contributed by atoms with Crippen LogP contribution in [-0.4, -0.2) is 20.6 Å². The second-order valence-corrected chi connectivity index (χ2v) is 3.94. The van der Waals surface area contributed by atoms with Crippen molar-refractivity contribution in [1.82, 2.24) is 9.55 Å². The molecule has 0 saturated carbocycles. The van der Waals surface area contributed by atoms with Gasteiger partial charge in [0, 0.05) is 12.5 Å². The number of carboxylic acid groups (broad SMARTS) is 1. The van der Waals surface area contributed by atoms with E-state index in [-0.39, 0.29) is 29.3 Å². The molecule has 1 aromatic rings. The molecule has 84 valence electrons. The van der Waals surface area contributed by atoms with Gasteiger partial charge < -0.3 is 9.67 Å². The van der Waals surface area contributed by atoms with Crippen LogP contribution in [0.3, 0.4) is 0 Å². The molecule has 1 N–H and O–H groups in total. The summed E-state index contributed by atoms with van der Waals surface area (Å²) < 4.78 is 1.83. The van der Waals surface area contributed by atoms with Crippen LogP contribution in [0.4, 0.5) is 0 Å². The number of rotatable bonds is 1. The van der Waals surface area contributed by atoms with Crippen LogP contribution in [0.2, 0.25) is 5.15 Å². The number of halogens is 2. The summed E-state index contributed by atoms with van der Waals surface area (Å²) in [5.74, 6) is -0.254. The smallest absolute Gasteiger partial charge is 0.357 e. The van der Waals surface area contributed by atoms with E-state index >= 15 is 0 Å². The molecule has 4 nitrogen and oxygen atoms in total. The average molecular weight is 251 g/mol. The lowest BCUT2D eigenvalue weighted by Crippen LogP contribution is -2.15. The van der Waals surface area contributed by atoms with Gasteiger partial charge in [0.15, 0.2) is 5.69 Å². The quantitative estimate of drug-likeness (QED) is 0.834. The number of hydrogen-bond donors (Lipinski definition) is 1. The first-order chi connectivity index (χ1) is 6.61. The molecule has 0 bridgehead atoms. The molecule has 1 aliphatic rings. The molecule has 0 spiro atoms. The van der Waals surface area contributed by atoms with E-state index in [2.05, 4.69) is 4.98 Å². The molecular formula is C9H12Cl2N2O2. The van der Waals surface area contributed by atoms with Crippen LogP contribution in [0.15, 0.2) is 0 Å². The summed E-state index contributed by atoms with van der Waals surface area (Å²) in [7, 11) is 0. The van der Waals surface area contributed by atoms with Crippen molar-refractivity contribution in [1.29, 1.82) is 0 Å². The van der Waals surface area contributed by atoms with Gasteiger partial charge in [0.05, 0.1) is 0 Å². The van der Waals surface area contributed by atoms with Crippen molar-refractivity contribution in [3.05, 3.63) is 16.7 Å². The van der Waals surface area contributed by atoms with Gasteiger partial charge in [0.2, 0.25) is 0 Å². The summed E-state index contributed by atoms with van der Waals surface area (Å²) in [5, 5.41) is 9.10. The van der Waals surface area contributed by atoms with Crippen LogP contribution >= 0.6 is 24.0 Å². The maximum atomic E-state index is 10.8. The number of carbonyl (C=O) groups is 1. The first kappa shape index (κ1) is 12.3. The van der Waals surface area contributed by atoms with Gasteiger partial charge in [0.25, 0.3) is 0 Å². The van der Waals surface area contributed by atoms with Gasteiger partial charge in [0.1, 0.15) is 11.0 Å². The minimum atomic E-state index is -1.05. The summed E-state index contributed by atoms with van der Waals surface area (Å²) in [5.41, 5.74) is -0.0181. The number of fused-ring (bicyclic) bond motifs is 1. The van der Waals surface area contributed by atoms with E-state index in [4.69, 9.17) is 16.7 Å². The standard InChI is InChI=1S/C9H11ClN2O2.ClH/c1-5-3-2-4-6-11-7(9(13)14)8(10)12(5)6;/h5H,2-4H2,1H3,(H,13,14);1H. The molecular weight excluding hydrogens is 239 g/mol. The number of aryl methyl sites for hydroxylation is 1. The van der Waals surface area contributed by atoms with Crippen molar-refractivity contribution in [2.45, 2.75) is 32.2 Å². The fourth-order valence-corrected chi connectivity index (χ4v) is 2.29. The van der Waals surface area contributed by atoms with Gasteiger partial charge in [-0.15, -0.1) is 12.4 Å². The zero-order valence-corrected chi connectivity index (χ0v) is 9.81. The van der Waals surface area contributed by atoms with Crippen molar-refractivity contribution >= 4 is 30.0 Å². The Kier molecular flexibility index (Phi) is 3.62. The van der Waals surface area contributed by atoms with Crippen LogP contribution in [-0.2, 0) is 6.42 Å². The Morgan fingerprint density at radius 2 is 2.33 bits per heavy atom. The second kappa shape index (κ2) is 4.41. The fraction of sp³-hybridized carbons (Fsp3) is 0.556. The summed E-state index contributed by atoms with van der Waals surface area (Å²) in [6, 6.07) is 0.256. The predicted octanol–water partition coefficient (Wildman–Crippen LogP) is 2.55. The summed E-state index contributed by atoms with van der Waals surface area (Å²) in [6.07, 6.45) is 2.90. The zero-order valence-electron chi connectivity index (χ0n) is 8.23. The SMILES string of the molecule is CC1CCCc2nc(C(=O)O)c(Cl)n21.Cl. The van der Waals surface area contributed by atoms with Crippen molar-refractivity contribution in [2.75, 3.05) is 0 Å². The van der Waals surface area contributed by atoms with Gasteiger partial charge in [-0.25, -0.2) is 9.78 Å². The third kappa shape index (κ3) is 1.96. The van der Waals surface area contributed by atoms with E-state index in [0.29, 0.717) is 0 Å². The summed E-state index contributed by atoms with van der Waals surface area (Å²) >= 11 is 5.95. The lowest BCUT2D eigenvalue weighted by Gasteiger charge is -2.21. The monoisotopic (exact) mass is 250 g/mol. The molecule has 0 saturated heterocycles. The molecule has 1 unspecified atom stereocenters. The molecule has 6 heteroatoms. The minimum Gasteiger partial charge on any atom is -0.476 e. The first-order valence-electron chi connectivity index (χ1n) is 4.61. The van der Waals surface area contributed by atoms with Crippen LogP contribution in [0.25, 0.3) is 0 Å². The Morgan fingerprint density at radius 3 is 2.87 bits per heavy atom. The molecule has 1 atom stereocenters. The molecule has 1 aliphatic heterocycles. The maximum absolute atomic E-state index is 10.8. The second-order valence-electron chi connectivity index (χ2n) is 3.58. The number of nitrogens with zero attached hydrogens (tertiary/aromatic N) is 2. The van der Waals surface area contributed by atoms with Crippen molar-refractivity contribution < 1.29 is 9.90 Å². The third-order valence-corrected chi connectivity index (χ3v) is 2.95. The molecule has 0 radical (unpaired) electrons. The molecule has 0 aromatic carbocycles. The number of aromatic nitrogens is 2. The topological polar surface area (TPSA) is 55.1 Å². The largest absolute Gasteiger partial charge is 0.476 e. The normalized spacial score (nSPS) is 19.2. The lowest BCUT2D eigenvalue weighted by atomic mass is 10.1. The van der Waals surface area contributed by atoms with E-state index in [1.165, 1.54) is 0 Å². The molecule has 2 rings (SSSR count). The summed E-state index contributed by atoms with van der Waals surface area (Å²) in [4.78, 5) is 14.8. The molecule has 2 heterocycles. The number of hydrogen-bond acceptors (Lipinski definition) is 2. The molecule has 1 aromatic heterocycles. The molecule has 0 aliphatic carbocycles. The highest BCUT2D eigenvalue weighted by atomic mass is 35.5. The zero-order chi connectivity index (χ0) is 10.3. The third-order valence-electron chi connectivity index (χ3n) is 2.59. The van der Waals surface area contributed by atoms with Gasteiger partial charge in [-0.2, -0.15) is 0 Å². The number of carboxylic acids is 1. The van der Waals surface area contributed by atoms with Gasteiger partial charge >= 0.3 is 5.97 Å². The molecule has 0 fully saturated rings. The van der Waals surface area contributed by atoms with Crippen molar-refractivity contribution in [2.24, 2.45) is 0 Å². The Labute approximate surface area is 98.7 Å². The lowest BCUT2D eigenvalue weighted by molar-refractivity contribution is 0.0691. The van der Waals surface area contributed by atoms with Crippen molar-refractivity contribution in [3.8, 4) is 0 Å². The fourth-order valence-electron chi connectivity index (χ4n) is 1.90. The highest BCUT2D eigenvalue weighted by Gasteiger charge is 2.25. The number of aromatic carboxylic acids is 1. The highest BCUT2D eigenvalue weighted by Crippen LogP contribution is 2.30. The van der Waals surface area contributed by atoms with Crippen LogP contribution in [0.1, 0.15) is 42.1 Å². The molecule has 0 amide bonds. The van der Waals surface area contributed by atoms with E-state index in [1.54, 1.807) is 0 Å². The minimum absolute atomic E-state index is 0. The van der Waals surface area contributed by atoms with Crippen LogP contribution in [0, 0.1) is 0 Å². The van der Waals surface area contributed by atoms with E-state index in [9.17, 15) is 4.79 Å². The first-order valence-corrected chi connectivity index (χ1v) is 4.99. The highest BCUT2D eigenvalue weighted by molar-refractivity contribution is 6.32. The van der Waals surface area contributed by atoms with E-state index < -0.39 is 5.97 Å². The van der Waals surface area contributed by atoms with Gasteiger partial charge in [-0.3, -0.25) is 0 Å². The van der Waals surface area contributed by atoms with Crippen molar-refractivity contribution in [3.63, 3.8) is 0 Å². The molecule has 15 heavy (non-hydrogen) atoms. The Morgan fingerprint density at radius 1 is 1.67 bits per heavy atom. The van der Waals surface area contributed by atoms with Gasteiger partial charge in [-0.05, 0) is 19.8 Å². The average Bonchev–Trinajstić information content (AvgIpc) is 2.45. The Hall–Kier alpha value is -0.740.